The molecule has 15 heavy (non-hydrogen) atoms. The summed E-state index contributed by atoms with van der Waals surface area (Å²) < 4.78 is 5.38. The molecule has 2 heteroatoms. The molecule has 1 aromatic carbocycles. The smallest absolute Gasteiger partial charge is 0.124 e. The zero-order chi connectivity index (χ0) is 11.1. The minimum absolute atomic E-state index is 0.252. The summed E-state index contributed by atoms with van der Waals surface area (Å²) in [7, 11) is 3.78. The molecule has 2 nitrogen and oxygen atoms in total. The molecule has 0 aromatic heterocycles. The molecular weight excluding hydrogens is 186 g/mol. The first-order valence-electron chi connectivity index (χ1n) is 5.47. The van der Waals surface area contributed by atoms with Gasteiger partial charge in [0.25, 0.3) is 0 Å². The molecule has 0 unspecified atom stereocenters. The quantitative estimate of drug-likeness (QED) is 0.818. The van der Waals surface area contributed by atoms with Gasteiger partial charge < -0.3 is 10.1 Å². The van der Waals surface area contributed by atoms with Gasteiger partial charge in [0.05, 0.1) is 7.11 Å². The molecule has 0 spiro atoms. The van der Waals surface area contributed by atoms with Crippen LogP contribution in [0, 0.1) is 13.8 Å². The van der Waals surface area contributed by atoms with Gasteiger partial charge in [-0.05, 0) is 50.4 Å². The van der Waals surface area contributed by atoms with Crippen LogP contribution in [0.25, 0.3) is 0 Å². The van der Waals surface area contributed by atoms with E-state index in [1.807, 2.05) is 7.05 Å². The number of hydrogen-bond donors (Lipinski definition) is 1. The normalized spacial score (nSPS) is 17.6. The van der Waals surface area contributed by atoms with Crippen molar-refractivity contribution in [2.45, 2.75) is 32.2 Å². The van der Waals surface area contributed by atoms with Crippen molar-refractivity contribution in [2.75, 3.05) is 14.2 Å². The topological polar surface area (TPSA) is 21.3 Å². The highest BCUT2D eigenvalue weighted by atomic mass is 16.5. The molecular formula is C13H19NO. The number of ether oxygens (including phenoxy) is 1. The van der Waals surface area contributed by atoms with E-state index >= 15 is 0 Å². The van der Waals surface area contributed by atoms with E-state index in [9.17, 15) is 0 Å². The molecule has 1 aromatic rings. The van der Waals surface area contributed by atoms with Crippen molar-refractivity contribution >= 4 is 0 Å². The number of aryl methyl sites for hydroxylation is 2. The van der Waals surface area contributed by atoms with E-state index in [1.54, 1.807) is 7.11 Å². The lowest BCUT2D eigenvalue weighted by atomic mass is 9.98. The molecule has 0 radical (unpaired) electrons. The summed E-state index contributed by atoms with van der Waals surface area (Å²) in [6, 6.07) is 4.49. The van der Waals surface area contributed by atoms with Crippen LogP contribution in [0.2, 0.25) is 0 Å². The zero-order valence-electron chi connectivity index (χ0n) is 9.98. The standard InChI is InChI=1S/C13H19NO/c1-9-7-11(13(14-3)5-6-13)8-10(2)12(9)15-4/h7-8,14H,5-6H2,1-4H3. The lowest BCUT2D eigenvalue weighted by molar-refractivity contribution is 0.408. The zero-order valence-corrected chi connectivity index (χ0v) is 9.98. The lowest BCUT2D eigenvalue weighted by Gasteiger charge is -2.18. The summed E-state index contributed by atoms with van der Waals surface area (Å²) >= 11 is 0. The van der Waals surface area contributed by atoms with Crippen LogP contribution in [0.15, 0.2) is 12.1 Å². The fourth-order valence-electron chi connectivity index (χ4n) is 2.36. The van der Waals surface area contributed by atoms with Crippen LogP contribution in [0.1, 0.15) is 29.5 Å². The van der Waals surface area contributed by atoms with Crippen molar-refractivity contribution in [2.24, 2.45) is 0 Å². The summed E-state index contributed by atoms with van der Waals surface area (Å²) in [6.45, 7) is 4.22. The van der Waals surface area contributed by atoms with Gasteiger partial charge in [-0.2, -0.15) is 0 Å². The molecule has 1 aliphatic carbocycles. The Bertz CT molecular complexity index is 357. The minimum atomic E-state index is 0.252. The van der Waals surface area contributed by atoms with Gasteiger partial charge >= 0.3 is 0 Å². The molecule has 1 saturated carbocycles. The average Bonchev–Trinajstić information content (AvgIpc) is 2.97. The highest BCUT2D eigenvalue weighted by Gasteiger charge is 2.42. The first-order valence-corrected chi connectivity index (χ1v) is 5.47. The highest BCUT2D eigenvalue weighted by Crippen LogP contribution is 2.46. The summed E-state index contributed by atoms with van der Waals surface area (Å²) in [5, 5.41) is 3.42. The van der Waals surface area contributed by atoms with Crippen LogP contribution < -0.4 is 10.1 Å². The van der Waals surface area contributed by atoms with Crippen molar-refractivity contribution in [3.8, 4) is 5.75 Å². The van der Waals surface area contributed by atoms with E-state index < -0.39 is 0 Å². The maximum Gasteiger partial charge on any atom is 0.124 e. The van der Waals surface area contributed by atoms with Crippen molar-refractivity contribution in [3.05, 3.63) is 28.8 Å². The van der Waals surface area contributed by atoms with E-state index in [4.69, 9.17) is 4.74 Å². The average molecular weight is 205 g/mol. The van der Waals surface area contributed by atoms with E-state index in [-0.39, 0.29) is 5.54 Å². The van der Waals surface area contributed by atoms with Gasteiger partial charge in [-0.3, -0.25) is 0 Å². The molecule has 0 atom stereocenters. The Balaban J connectivity index is 2.44. The predicted octanol–water partition coefficient (Wildman–Crippen LogP) is 2.52. The second-order valence-electron chi connectivity index (χ2n) is 4.48. The van der Waals surface area contributed by atoms with Crippen molar-refractivity contribution < 1.29 is 4.74 Å². The van der Waals surface area contributed by atoms with Gasteiger partial charge in [-0.25, -0.2) is 0 Å². The third kappa shape index (κ3) is 1.63. The monoisotopic (exact) mass is 205 g/mol. The predicted molar refractivity (Wildman–Crippen MR) is 62.4 cm³/mol. The third-order valence-corrected chi connectivity index (χ3v) is 3.45. The van der Waals surface area contributed by atoms with E-state index in [1.165, 1.54) is 29.5 Å². The van der Waals surface area contributed by atoms with Crippen LogP contribution in [0.3, 0.4) is 0 Å². The van der Waals surface area contributed by atoms with Crippen LogP contribution in [0.4, 0.5) is 0 Å². The van der Waals surface area contributed by atoms with Crippen LogP contribution in [-0.2, 0) is 5.54 Å². The Kier molecular flexibility index (Phi) is 2.47. The first-order chi connectivity index (χ1) is 7.13. The Hall–Kier alpha value is -1.02. The summed E-state index contributed by atoms with van der Waals surface area (Å²) in [5.41, 5.74) is 4.12. The Morgan fingerprint density at radius 2 is 1.73 bits per heavy atom. The van der Waals surface area contributed by atoms with Gasteiger partial charge in [0.1, 0.15) is 5.75 Å². The molecule has 1 fully saturated rings. The Labute approximate surface area is 91.6 Å². The number of rotatable bonds is 3. The molecule has 1 aliphatic rings. The van der Waals surface area contributed by atoms with Crippen molar-refractivity contribution in [3.63, 3.8) is 0 Å². The number of nitrogens with one attached hydrogen (secondary N) is 1. The number of hydrogen-bond acceptors (Lipinski definition) is 2. The molecule has 0 saturated heterocycles. The van der Waals surface area contributed by atoms with Crippen molar-refractivity contribution in [1.82, 2.24) is 5.32 Å². The number of methoxy groups -OCH3 is 1. The maximum absolute atomic E-state index is 5.38. The fourth-order valence-corrected chi connectivity index (χ4v) is 2.36. The van der Waals surface area contributed by atoms with Gasteiger partial charge in [0, 0.05) is 5.54 Å². The second-order valence-corrected chi connectivity index (χ2v) is 4.48. The van der Waals surface area contributed by atoms with E-state index in [0.29, 0.717) is 0 Å². The molecule has 0 aliphatic heterocycles. The van der Waals surface area contributed by atoms with Gasteiger partial charge in [0.2, 0.25) is 0 Å². The summed E-state index contributed by atoms with van der Waals surface area (Å²) in [5.74, 6) is 1.02. The first kappa shape index (κ1) is 10.5. The maximum atomic E-state index is 5.38. The third-order valence-electron chi connectivity index (χ3n) is 3.45. The van der Waals surface area contributed by atoms with Crippen LogP contribution in [0.5, 0.6) is 5.75 Å². The Morgan fingerprint density at radius 1 is 1.20 bits per heavy atom. The molecule has 2 rings (SSSR count). The summed E-state index contributed by atoms with van der Waals surface area (Å²) in [6.07, 6.45) is 2.49. The molecule has 1 N–H and O–H groups in total. The van der Waals surface area contributed by atoms with E-state index in [0.717, 1.165) is 5.75 Å². The highest BCUT2D eigenvalue weighted by molar-refractivity contribution is 5.46. The van der Waals surface area contributed by atoms with Crippen molar-refractivity contribution in [1.29, 1.82) is 0 Å². The summed E-state index contributed by atoms with van der Waals surface area (Å²) in [4.78, 5) is 0. The van der Waals surface area contributed by atoms with Gasteiger partial charge in [0.15, 0.2) is 0 Å². The minimum Gasteiger partial charge on any atom is -0.496 e. The van der Waals surface area contributed by atoms with Crippen LogP contribution >= 0.6 is 0 Å². The lowest BCUT2D eigenvalue weighted by Crippen LogP contribution is -2.24. The fraction of sp³-hybridized carbons (Fsp3) is 0.538. The van der Waals surface area contributed by atoms with E-state index in [2.05, 4.69) is 31.3 Å². The van der Waals surface area contributed by atoms with Gasteiger partial charge in [-0.15, -0.1) is 0 Å². The molecule has 0 amide bonds. The van der Waals surface area contributed by atoms with Crippen LogP contribution in [-0.4, -0.2) is 14.2 Å². The number of benzene rings is 1. The SMILES string of the molecule is CNC1(c2cc(C)c(OC)c(C)c2)CC1. The molecule has 0 bridgehead atoms. The largest absolute Gasteiger partial charge is 0.496 e. The Morgan fingerprint density at radius 3 is 2.07 bits per heavy atom. The van der Waals surface area contributed by atoms with Gasteiger partial charge in [-0.1, -0.05) is 12.1 Å². The molecule has 0 heterocycles. The molecule has 82 valence electrons. The second kappa shape index (κ2) is 3.53.